The summed E-state index contributed by atoms with van der Waals surface area (Å²) in [6, 6.07) is 18.1. The van der Waals surface area contributed by atoms with Crippen LogP contribution in [0, 0.1) is 6.92 Å². The second-order valence-electron chi connectivity index (χ2n) is 10.2. The molecule has 4 rings (SSSR count). The van der Waals surface area contributed by atoms with Crippen molar-refractivity contribution < 1.29 is 19.4 Å². The number of esters is 1. The summed E-state index contributed by atoms with van der Waals surface area (Å²) in [6.45, 7) is 10.5. The van der Waals surface area contributed by atoms with Gasteiger partial charge in [0.1, 0.15) is 22.5 Å². The van der Waals surface area contributed by atoms with E-state index >= 15 is 0 Å². The number of carbonyl (C=O) groups is 1. The number of fused-ring (bicyclic) bond motifs is 1. The average Bonchev–Trinajstić information content (AvgIpc) is 3.40. The smallest absolute Gasteiger partial charge is 0.333 e. The minimum Gasteiger partial charge on any atom is -0.505 e. The fraction of sp³-hybridized carbons (Fsp3) is 0.364. The summed E-state index contributed by atoms with van der Waals surface area (Å²) in [5.41, 5.74) is 3.64. The van der Waals surface area contributed by atoms with E-state index in [0.29, 0.717) is 24.5 Å². The number of nitrogens with zero attached hydrogens (tertiary/aromatic N) is 3. The summed E-state index contributed by atoms with van der Waals surface area (Å²) < 4.78 is 11.0. The molecule has 1 N–H and O–H groups in total. The van der Waals surface area contributed by atoms with Crippen LogP contribution in [0.25, 0.3) is 16.7 Å². The van der Waals surface area contributed by atoms with Crippen molar-refractivity contribution in [2.24, 2.45) is 0 Å². The second-order valence-corrected chi connectivity index (χ2v) is 12.5. The Bertz CT molecular complexity index is 1500. The van der Waals surface area contributed by atoms with E-state index in [9.17, 15) is 9.90 Å². The highest BCUT2D eigenvalue weighted by Gasteiger charge is 2.15. The van der Waals surface area contributed by atoms with Crippen LogP contribution in [0.4, 0.5) is 0 Å². The van der Waals surface area contributed by atoms with E-state index < -0.39 is 0 Å². The number of phenolic OH excluding ortho intramolecular Hbond substituents is 1. The highest BCUT2D eigenvalue weighted by molar-refractivity contribution is 7.99. The summed E-state index contributed by atoms with van der Waals surface area (Å²) in [6.07, 6.45) is 6.04. The van der Waals surface area contributed by atoms with Gasteiger partial charge in [0, 0.05) is 15.4 Å². The molecule has 0 spiro atoms. The van der Waals surface area contributed by atoms with Gasteiger partial charge in [-0.25, -0.2) is 4.79 Å². The molecular weight excluding hydrogens is 567 g/mol. The number of phenols is 1. The fourth-order valence-corrected chi connectivity index (χ4v) is 6.17. The number of ether oxygens (including phenoxy) is 2. The zero-order valence-electron chi connectivity index (χ0n) is 24.6. The Labute approximate surface area is 256 Å². The van der Waals surface area contributed by atoms with Gasteiger partial charge in [-0.05, 0) is 112 Å². The van der Waals surface area contributed by atoms with Gasteiger partial charge in [-0.3, -0.25) is 0 Å². The Morgan fingerprint density at radius 2 is 1.64 bits per heavy atom. The second kappa shape index (κ2) is 15.7. The van der Waals surface area contributed by atoms with E-state index in [2.05, 4.69) is 30.7 Å². The Hall–Kier alpha value is -3.43. The van der Waals surface area contributed by atoms with Crippen LogP contribution in [0.2, 0.25) is 0 Å². The Morgan fingerprint density at radius 1 is 0.929 bits per heavy atom. The first kappa shape index (κ1) is 31.5. The molecule has 0 aliphatic carbocycles. The van der Waals surface area contributed by atoms with Crippen LogP contribution in [-0.2, 0) is 9.53 Å². The number of benzene rings is 3. The van der Waals surface area contributed by atoms with Crippen molar-refractivity contribution in [3.05, 3.63) is 72.3 Å². The molecule has 1 aromatic heterocycles. The highest BCUT2D eigenvalue weighted by Crippen LogP contribution is 2.36. The molecule has 1 heterocycles. The van der Waals surface area contributed by atoms with E-state index in [4.69, 9.17) is 14.6 Å². The molecule has 0 amide bonds. The van der Waals surface area contributed by atoms with Crippen LogP contribution in [0.3, 0.4) is 0 Å². The van der Waals surface area contributed by atoms with Crippen molar-refractivity contribution in [2.45, 2.75) is 74.0 Å². The maximum absolute atomic E-state index is 11.4. The number of rotatable bonds is 16. The first-order valence-electron chi connectivity index (χ1n) is 14.4. The Balaban J connectivity index is 1.29. The summed E-state index contributed by atoms with van der Waals surface area (Å²) in [7, 11) is 0. The van der Waals surface area contributed by atoms with Gasteiger partial charge in [-0.15, -0.1) is 26.8 Å². The molecule has 0 saturated heterocycles. The van der Waals surface area contributed by atoms with Crippen molar-refractivity contribution in [3.63, 3.8) is 0 Å². The minimum atomic E-state index is -0.321. The van der Waals surface area contributed by atoms with Crippen molar-refractivity contribution >= 4 is 40.5 Å². The van der Waals surface area contributed by atoms with E-state index in [0.717, 1.165) is 81.3 Å². The maximum Gasteiger partial charge on any atom is 0.333 e. The largest absolute Gasteiger partial charge is 0.505 e. The molecule has 0 atom stereocenters. The normalized spacial score (nSPS) is 11.1. The average molecular weight is 606 g/mol. The van der Waals surface area contributed by atoms with E-state index in [-0.39, 0.29) is 11.7 Å². The number of unbranched alkanes of at least 4 members (excludes halogenated alkanes) is 4. The molecule has 0 aliphatic rings. The molecule has 222 valence electrons. The zero-order chi connectivity index (χ0) is 29.9. The van der Waals surface area contributed by atoms with Crippen molar-refractivity contribution in [3.8, 4) is 17.2 Å². The van der Waals surface area contributed by atoms with Gasteiger partial charge in [0.2, 0.25) is 0 Å². The third kappa shape index (κ3) is 9.03. The van der Waals surface area contributed by atoms with E-state index in [1.807, 2.05) is 49.4 Å². The molecule has 0 saturated carbocycles. The van der Waals surface area contributed by atoms with Gasteiger partial charge in [0.05, 0.1) is 18.1 Å². The van der Waals surface area contributed by atoms with Gasteiger partial charge < -0.3 is 14.6 Å². The highest BCUT2D eigenvalue weighted by atomic mass is 32.2. The number of aromatic hydroxyl groups is 1. The Kier molecular flexibility index (Phi) is 11.8. The number of hydrogen-bond acceptors (Lipinski definition) is 8. The van der Waals surface area contributed by atoms with Crippen LogP contribution < -0.4 is 4.74 Å². The predicted molar refractivity (Wildman–Crippen MR) is 171 cm³/mol. The first-order valence-corrected chi connectivity index (χ1v) is 16.2. The number of thioether (sulfide) groups is 1. The van der Waals surface area contributed by atoms with Gasteiger partial charge in [0.25, 0.3) is 0 Å². The number of aryl methyl sites for hydroxylation is 1. The molecule has 4 aromatic rings. The molecule has 0 unspecified atom stereocenters. The van der Waals surface area contributed by atoms with Gasteiger partial charge >= 0.3 is 5.97 Å². The number of aromatic nitrogens is 3. The van der Waals surface area contributed by atoms with Gasteiger partial charge in [-0.2, -0.15) is 0 Å². The first-order chi connectivity index (χ1) is 20.3. The lowest BCUT2D eigenvalue weighted by molar-refractivity contribution is -0.139. The monoisotopic (exact) mass is 605 g/mol. The third-order valence-corrected chi connectivity index (χ3v) is 8.58. The van der Waals surface area contributed by atoms with Crippen LogP contribution in [0.5, 0.6) is 11.5 Å². The minimum absolute atomic E-state index is 0.223. The topological polar surface area (TPSA) is 86.5 Å². The summed E-state index contributed by atoms with van der Waals surface area (Å²) in [5, 5.41) is 20.3. The molecule has 3 aromatic carbocycles. The quantitative estimate of drug-likeness (QED) is 0.0589. The zero-order valence-corrected chi connectivity index (χ0v) is 26.2. The molecule has 42 heavy (non-hydrogen) atoms. The molecule has 0 radical (unpaired) electrons. The van der Waals surface area contributed by atoms with Crippen LogP contribution in [0.1, 0.15) is 57.9 Å². The van der Waals surface area contributed by atoms with Crippen LogP contribution in [0.15, 0.2) is 81.4 Å². The maximum atomic E-state index is 11.4. The van der Waals surface area contributed by atoms with Crippen molar-refractivity contribution in [1.82, 2.24) is 15.0 Å². The Morgan fingerprint density at radius 3 is 2.38 bits per heavy atom. The van der Waals surface area contributed by atoms with E-state index in [1.54, 1.807) is 30.4 Å². The summed E-state index contributed by atoms with van der Waals surface area (Å²) >= 11 is 3.32. The summed E-state index contributed by atoms with van der Waals surface area (Å²) in [4.78, 5) is 15.9. The summed E-state index contributed by atoms with van der Waals surface area (Å²) in [5.74, 6) is 1.71. The van der Waals surface area contributed by atoms with Crippen molar-refractivity contribution in [1.29, 1.82) is 0 Å². The predicted octanol–water partition coefficient (Wildman–Crippen LogP) is 8.54. The third-order valence-electron chi connectivity index (χ3n) is 6.47. The van der Waals surface area contributed by atoms with Crippen LogP contribution in [-0.4, -0.2) is 45.0 Å². The molecule has 0 aliphatic heterocycles. The van der Waals surface area contributed by atoms with Gasteiger partial charge in [0.15, 0.2) is 5.75 Å². The molecule has 7 nitrogen and oxygen atoms in total. The molecule has 0 bridgehead atoms. The number of hydrogen-bond donors (Lipinski definition) is 1. The SMILES string of the molecule is C=C(C)C(=O)OCCCCCCOc1ccc(Sc2ccc3nn(-c4cc(C)cc(SCCCC)c4O)nc3c2)cc1. The molecule has 9 heteroatoms. The lowest BCUT2D eigenvalue weighted by atomic mass is 10.2. The molecule has 0 fully saturated rings. The lowest BCUT2D eigenvalue weighted by Crippen LogP contribution is -2.06. The van der Waals surface area contributed by atoms with E-state index in [1.165, 1.54) is 4.80 Å². The van der Waals surface area contributed by atoms with Gasteiger partial charge in [-0.1, -0.05) is 31.7 Å². The van der Waals surface area contributed by atoms with Crippen LogP contribution >= 0.6 is 23.5 Å². The lowest BCUT2D eigenvalue weighted by Gasteiger charge is -2.10. The fourth-order valence-electron chi connectivity index (χ4n) is 4.16. The van der Waals surface area contributed by atoms with Crippen molar-refractivity contribution in [2.75, 3.05) is 19.0 Å². The number of carbonyl (C=O) groups excluding carboxylic acids is 1. The standard InChI is InChI=1S/C33H39N3O4S2/c1-5-6-19-41-31-21-24(4)20-30(32(31)37)36-34-28-16-15-27(22-29(28)35-36)42-26-13-11-25(12-14-26)39-17-9-7-8-10-18-40-33(38)23(2)3/h11-16,20-22,37H,2,5-10,17-19H2,1,3-4H3. The molecular formula is C33H39N3O4S2.